The summed E-state index contributed by atoms with van der Waals surface area (Å²) in [5.41, 5.74) is 2.56. The lowest BCUT2D eigenvalue weighted by molar-refractivity contribution is -0.117. The zero-order valence-corrected chi connectivity index (χ0v) is 11.3. The minimum Gasteiger partial charge on any atom is -0.384 e. The minimum atomic E-state index is 0.0620. The lowest BCUT2D eigenvalue weighted by Gasteiger charge is -2.45. The van der Waals surface area contributed by atoms with E-state index in [9.17, 15) is 4.79 Å². The van der Waals surface area contributed by atoms with Crippen molar-refractivity contribution in [3.63, 3.8) is 0 Å². The van der Waals surface area contributed by atoms with Crippen LogP contribution in [0.5, 0.6) is 0 Å². The highest BCUT2D eigenvalue weighted by molar-refractivity contribution is 9.10. The Morgan fingerprint density at radius 1 is 1.62 bits per heavy atom. The number of nitrogens with one attached hydrogen (secondary N) is 1. The number of ketones is 1. The first-order chi connectivity index (χ1) is 7.63. The van der Waals surface area contributed by atoms with Gasteiger partial charge in [0.15, 0.2) is 0 Å². The molecule has 0 radical (unpaired) electrons. The maximum atomic E-state index is 11.6. The number of carbonyl (C=O) groups excluding carboxylic acids is 1. The molecule has 0 bridgehead atoms. The van der Waals surface area contributed by atoms with Crippen LogP contribution in [-0.2, 0) is 10.2 Å². The van der Waals surface area contributed by atoms with Crippen LogP contribution >= 0.6 is 27.7 Å². The highest BCUT2D eigenvalue weighted by atomic mass is 79.9. The van der Waals surface area contributed by atoms with Gasteiger partial charge in [-0.3, -0.25) is 4.79 Å². The van der Waals surface area contributed by atoms with E-state index in [1.54, 1.807) is 18.7 Å². The quantitative estimate of drug-likeness (QED) is 0.864. The number of fused-ring (bicyclic) bond motifs is 2. The van der Waals surface area contributed by atoms with Crippen molar-refractivity contribution in [3.05, 3.63) is 28.2 Å². The van der Waals surface area contributed by atoms with Crippen molar-refractivity contribution in [3.8, 4) is 0 Å². The van der Waals surface area contributed by atoms with Crippen molar-refractivity contribution in [1.82, 2.24) is 0 Å². The van der Waals surface area contributed by atoms with Crippen LogP contribution in [0.3, 0.4) is 0 Å². The number of benzene rings is 1. The topological polar surface area (TPSA) is 29.1 Å². The van der Waals surface area contributed by atoms with Gasteiger partial charge in [-0.25, -0.2) is 0 Å². The Bertz CT molecular complexity index is 476. The predicted molar refractivity (Wildman–Crippen MR) is 71.2 cm³/mol. The third-order valence-electron chi connectivity index (χ3n) is 3.49. The number of rotatable bonds is 1. The first kappa shape index (κ1) is 10.7. The average molecular weight is 298 g/mol. The number of hydrogen-bond acceptors (Lipinski definition) is 3. The average Bonchev–Trinajstić information content (AvgIpc) is 2.55. The summed E-state index contributed by atoms with van der Waals surface area (Å²) in [6.45, 7) is 2.60. The maximum Gasteiger partial charge on any atom is 0.143 e. The molecule has 0 saturated carbocycles. The molecule has 0 aromatic heterocycles. The van der Waals surface area contributed by atoms with Crippen molar-refractivity contribution in [1.29, 1.82) is 0 Å². The van der Waals surface area contributed by atoms with E-state index in [1.165, 1.54) is 11.3 Å². The van der Waals surface area contributed by atoms with E-state index >= 15 is 0 Å². The summed E-state index contributed by atoms with van der Waals surface area (Å²) >= 11 is 5.25. The summed E-state index contributed by atoms with van der Waals surface area (Å²) in [5.74, 6) is 1.35. The van der Waals surface area contributed by atoms with Crippen LogP contribution in [0.15, 0.2) is 22.7 Å². The molecule has 0 aliphatic carbocycles. The Kier molecular flexibility index (Phi) is 2.33. The minimum absolute atomic E-state index is 0.0620. The lowest BCUT2D eigenvalue weighted by atomic mass is 9.78. The molecule has 1 spiro atoms. The number of anilines is 1. The molecule has 1 saturated heterocycles. The van der Waals surface area contributed by atoms with Crippen LogP contribution in [0.4, 0.5) is 5.69 Å². The van der Waals surface area contributed by atoms with Gasteiger partial charge in [0.2, 0.25) is 0 Å². The smallest absolute Gasteiger partial charge is 0.143 e. The molecule has 84 valence electrons. The first-order valence-corrected chi connectivity index (χ1v) is 7.14. The van der Waals surface area contributed by atoms with Crippen molar-refractivity contribution < 1.29 is 4.79 Å². The highest BCUT2D eigenvalue weighted by Gasteiger charge is 2.54. The fourth-order valence-electron chi connectivity index (χ4n) is 2.68. The maximum absolute atomic E-state index is 11.6. The monoisotopic (exact) mass is 297 g/mol. The molecule has 16 heavy (non-hydrogen) atoms. The fraction of sp³-hybridized carbons (Fsp3) is 0.417. The molecule has 1 aromatic carbocycles. The molecule has 1 aromatic rings. The van der Waals surface area contributed by atoms with Crippen LogP contribution in [0.25, 0.3) is 0 Å². The van der Waals surface area contributed by atoms with Crippen LogP contribution in [0, 0.1) is 0 Å². The van der Waals surface area contributed by atoms with Crippen molar-refractivity contribution in [2.75, 3.05) is 17.6 Å². The van der Waals surface area contributed by atoms with Gasteiger partial charge in [0.05, 0.1) is 5.25 Å². The predicted octanol–water partition coefficient (Wildman–Crippen LogP) is 2.82. The number of thioether (sulfide) groups is 1. The second-order valence-electron chi connectivity index (χ2n) is 4.50. The van der Waals surface area contributed by atoms with E-state index in [1.807, 2.05) is 0 Å². The van der Waals surface area contributed by atoms with Gasteiger partial charge in [-0.15, -0.1) is 11.8 Å². The van der Waals surface area contributed by atoms with Crippen molar-refractivity contribution >= 4 is 39.2 Å². The molecule has 2 aliphatic rings. The molecule has 2 aliphatic heterocycles. The zero-order valence-electron chi connectivity index (χ0n) is 8.92. The summed E-state index contributed by atoms with van der Waals surface area (Å²) in [5, 5.41) is 3.56. The van der Waals surface area contributed by atoms with Crippen molar-refractivity contribution in [2.24, 2.45) is 0 Å². The van der Waals surface area contributed by atoms with E-state index in [0.717, 1.165) is 16.8 Å². The lowest BCUT2D eigenvalue weighted by Crippen LogP contribution is -2.53. The van der Waals surface area contributed by atoms with E-state index in [4.69, 9.17) is 0 Å². The van der Waals surface area contributed by atoms with Crippen LogP contribution < -0.4 is 5.32 Å². The molecule has 2 nitrogen and oxygen atoms in total. The Hall–Kier alpha value is -0.480. The molecule has 3 rings (SSSR count). The van der Waals surface area contributed by atoms with Gasteiger partial charge in [-0.1, -0.05) is 22.0 Å². The van der Waals surface area contributed by atoms with Gasteiger partial charge in [0, 0.05) is 27.9 Å². The van der Waals surface area contributed by atoms with Gasteiger partial charge in [-0.05, 0) is 24.6 Å². The number of carbonyl (C=O) groups is 1. The van der Waals surface area contributed by atoms with Gasteiger partial charge < -0.3 is 5.32 Å². The van der Waals surface area contributed by atoms with E-state index in [2.05, 4.69) is 39.4 Å². The Morgan fingerprint density at radius 2 is 2.44 bits per heavy atom. The zero-order chi connectivity index (χ0) is 11.3. The standard InChI is InChI=1S/C12H12BrNOS/c1-7(15)11-12(6-16-11)5-14-10-4-8(13)2-3-9(10)12/h2-4,11,14H,5-6H2,1H3. The first-order valence-electron chi connectivity index (χ1n) is 5.29. The summed E-state index contributed by atoms with van der Waals surface area (Å²) in [4.78, 5) is 11.6. The van der Waals surface area contributed by atoms with Gasteiger partial charge in [0.1, 0.15) is 5.78 Å². The molecular formula is C12H12BrNOS. The van der Waals surface area contributed by atoms with Crippen LogP contribution in [0.1, 0.15) is 12.5 Å². The SMILES string of the molecule is CC(=O)C1SCC12CNc1cc(Br)ccc12. The third-order valence-corrected chi connectivity index (χ3v) is 5.78. The molecular weight excluding hydrogens is 286 g/mol. The van der Waals surface area contributed by atoms with Gasteiger partial charge in [-0.2, -0.15) is 0 Å². The van der Waals surface area contributed by atoms with Crippen molar-refractivity contribution in [2.45, 2.75) is 17.6 Å². The molecule has 2 unspecified atom stereocenters. The van der Waals surface area contributed by atoms with E-state index in [0.29, 0.717) is 5.78 Å². The second kappa shape index (κ2) is 3.50. The highest BCUT2D eigenvalue weighted by Crippen LogP contribution is 2.53. The molecule has 4 heteroatoms. The summed E-state index contributed by atoms with van der Waals surface area (Å²) in [7, 11) is 0. The Balaban J connectivity index is 2.06. The second-order valence-corrected chi connectivity index (χ2v) is 6.51. The summed E-state index contributed by atoms with van der Waals surface area (Å²) in [6, 6.07) is 6.31. The molecule has 0 amide bonds. The third kappa shape index (κ3) is 1.29. The molecule has 1 fully saturated rings. The Labute approximate surface area is 107 Å². The Morgan fingerprint density at radius 3 is 3.06 bits per heavy atom. The van der Waals surface area contributed by atoms with Gasteiger partial charge >= 0.3 is 0 Å². The van der Waals surface area contributed by atoms with E-state index < -0.39 is 0 Å². The normalized spacial score (nSPS) is 30.8. The number of halogens is 1. The molecule has 2 heterocycles. The summed E-state index contributed by atoms with van der Waals surface area (Å²) in [6.07, 6.45) is 0. The summed E-state index contributed by atoms with van der Waals surface area (Å²) < 4.78 is 1.09. The van der Waals surface area contributed by atoms with Gasteiger partial charge in [0.25, 0.3) is 0 Å². The molecule has 1 N–H and O–H groups in total. The fourth-order valence-corrected chi connectivity index (χ4v) is 4.48. The number of Topliss-reactive ketones (excluding diaryl/α,β-unsaturated/α-hetero) is 1. The van der Waals surface area contributed by atoms with E-state index in [-0.39, 0.29) is 10.7 Å². The largest absolute Gasteiger partial charge is 0.384 e. The van der Waals surface area contributed by atoms with Crippen LogP contribution in [-0.4, -0.2) is 23.3 Å². The molecule has 2 atom stereocenters. The number of hydrogen-bond donors (Lipinski definition) is 1. The van der Waals surface area contributed by atoms with Crippen LogP contribution in [0.2, 0.25) is 0 Å².